The Balaban J connectivity index is 1.39. The molecule has 0 radical (unpaired) electrons. The second kappa shape index (κ2) is 10.7. The molecule has 3 heterocycles. The number of nitrogens with zero attached hydrogens (tertiary/aromatic N) is 5. The van der Waals surface area contributed by atoms with E-state index in [0.717, 1.165) is 11.1 Å². The van der Waals surface area contributed by atoms with E-state index in [0.29, 0.717) is 45.7 Å². The van der Waals surface area contributed by atoms with E-state index in [9.17, 15) is 14.0 Å². The van der Waals surface area contributed by atoms with Crippen LogP contribution in [0.3, 0.4) is 0 Å². The van der Waals surface area contributed by atoms with Crippen molar-refractivity contribution < 1.29 is 18.7 Å². The lowest BCUT2D eigenvalue weighted by molar-refractivity contribution is 0.102. The van der Waals surface area contributed by atoms with E-state index in [4.69, 9.17) is 4.74 Å². The quantitative estimate of drug-likeness (QED) is 0.338. The predicted octanol–water partition coefficient (Wildman–Crippen LogP) is 5.23. The van der Waals surface area contributed by atoms with Crippen LogP contribution in [0.15, 0.2) is 67.1 Å². The highest BCUT2D eigenvalue weighted by Gasteiger charge is 2.31. The summed E-state index contributed by atoms with van der Waals surface area (Å²) in [6.45, 7) is 1.48. The van der Waals surface area contributed by atoms with Crippen molar-refractivity contribution in [2.45, 2.75) is 20.1 Å². The van der Waals surface area contributed by atoms with E-state index in [1.807, 2.05) is 13.0 Å². The Labute approximate surface area is 224 Å². The van der Waals surface area contributed by atoms with Crippen LogP contribution < -0.4 is 25.2 Å². The van der Waals surface area contributed by atoms with Crippen molar-refractivity contribution in [3.05, 3.63) is 89.4 Å². The monoisotopic (exact) mass is 527 g/mol. The summed E-state index contributed by atoms with van der Waals surface area (Å²) in [4.78, 5) is 42.4. The third-order valence-corrected chi connectivity index (χ3v) is 6.35. The molecule has 0 fully saturated rings. The number of rotatable bonds is 7. The molecule has 3 amide bonds. The summed E-state index contributed by atoms with van der Waals surface area (Å²) in [5.41, 5.74) is 4.10. The number of hydrogen-bond donors (Lipinski definition) is 2. The maximum atomic E-state index is 13.5. The van der Waals surface area contributed by atoms with Crippen molar-refractivity contribution in [1.82, 2.24) is 15.0 Å². The van der Waals surface area contributed by atoms with E-state index in [1.54, 1.807) is 74.0 Å². The number of aromatic nitrogens is 3. The van der Waals surface area contributed by atoms with Crippen molar-refractivity contribution in [1.29, 1.82) is 0 Å². The molecule has 0 bridgehead atoms. The second-order valence-electron chi connectivity index (χ2n) is 8.96. The van der Waals surface area contributed by atoms with Crippen LogP contribution in [0.2, 0.25) is 0 Å². The van der Waals surface area contributed by atoms with Crippen molar-refractivity contribution in [3.8, 4) is 5.75 Å². The first kappa shape index (κ1) is 25.6. The zero-order chi connectivity index (χ0) is 27.5. The summed E-state index contributed by atoms with van der Waals surface area (Å²) in [6, 6.07) is 13.2. The van der Waals surface area contributed by atoms with Crippen LogP contribution in [0.25, 0.3) is 0 Å². The van der Waals surface area contributed by atoms with Gasteiger partial charge in [0.05, 0.1) is 25.5 Å². The van der Waals surface area contributed by atoms with Gasteiger partial charge in [0.1, 0.15) is 23.9 Å². The van der Waals surface area contributed by atoms with Crippen molar-refractivity contribution in [2.24, 2.45) is 0 Å². The fraction of sp³-hybridized carbons (Fsp3) is 0.179. The van der Waals surface area contributed by atoms with E-state index in [-0.39, 0.29) is 18.5 Å². The van der Waals surface area contributed by atoms with E-state index in [1.165, 1.54) is 11.0 Å². The van der Waals surface area contributed by atoms with E-state index in [2.05, 4.69) is 25.6 Å². The van der Waals surface area contributed by atoms with Gasteiger partial charge in [-0.1, -0.05) is 18.2 Å². The van der Waals surface area contributed by atoms with Gasteiger partial charge in [-0.3, -0.25) is 19.6 Å². The molecule has 39 heavy (non-hydrogen) atoms. The molecule has 0 saturated carbocycles. The molecule has 4 aromatic rings. The number of alkyl halides is 1. The van der Waals surface area contributed by atoms with Crippen LogP contribution in [-0.4, -0.2) is 41.0 Å². The minimum absolute atomic E-state index is 0.242. The molecule has 11 heteroatoms. The van der Waals surface area contributed by atoms with Gasteiger partial charge < -0.3 is 15.4 Å². The van der Waals surface area contributed by atoms with Crippen molar-refractivity contribution >= 4 is 40.8 Å². The van der Waals surface area contributed by atoms with E-state index >= 15 is 0 Å². The number of nitrogens with one attached hydrogen (secondary N) is 2. The normalized spacial score (nSPS) is 12.7. The summed E-state index contributed by atoms with van der Waals surface area (Å²) in [5, 5.41) is 5.93. The minimum atomic E-state index is -0.652. The molecular formula is C28H26FN7O3. The number of methoxy groups -OCH3 is 1. The summed E-state index contributed by atoms with van der Waals surface area (Å²) >= 11 is 0. The van der Waals surface area contributed by atoms with Gasteiger partial charge in [0.25, 0.3) is 5.91 Å². The summed E-state index contributed by atoms with van der Waals surface area (Å²) < 4.78 is 18.4. The highest BCUT2D eigenvalue weighted by atomic mass is 19.1. The van der Waals surface area contributed by atoms with E-state index < -0.39 is 6.67 Å². The Morgan fingerprint density at radius 3 is 2.79 bits per heavy atom. The SMILES string of the molecule is COc1ccncc1Nc1ncc2c(n1)N(C)C(=O)N(c1cc(NC(=O)c3cccc(CF)c3)ccc1C)C2. The van der Waals surface area contributed by atoms with Crippen LogP contribution in [-0.2, 0) is 13.2 Å². The number of aryl methyl sites for hydroxylation is 1. The zero-order valence-electron chi connectivity index (χ0n) is 21.6. The standard InChI is InChI=1S/C28H26FN7O3/c1-17-7-8-21(32-26(37)19-6-4-5-18(11-19)13-29)12-23(17)36-16-20-14-31-27(34-25(20)35(2)28(36)38)33-22-15-30-10-9-24(22)39-3/h4-12,14-15H,13,16H2,1-3H3,(H,32,37)(H,31,33,34). The lowest BCUT2D eigenvalue weighted by Gasteiger charge is -2.35. The predicted molar refractivity (Wildman–Crippen MR) is 146 cm³/mol. The highest BCUT2D eigenvalue weighted by Crippen LogP contribution is 2.34. The minimum Gasteiger partial charge on any atom is -0.494 e. The average Bonchev–Trinajstić information content (AvgIpc) is 2.96. The molecule has 198 valence electrons. The lowest BCUT2D eigenvalue weighted by Crippen LogP contribution is -2.46. The Bertz CT molecular complexity index is 1560. The molecule has 1 aliphatic heterocycles. The lowest BCUT2D eigenvalue weighted by atomic mass is 10.1. The number of carbonyl (C=O) groups is 2. The number of hydrogen-bond acceptors (Lipinski definition) is 7. The third kappa shape index (κ3) is 5.19. The topological polar surface area (TPSA) is 113 Å². The van der Waals surface area contributed by atoms with Crippen LogP contribution in [0.4, 0.5) is 38.0 Å². The number of pyridine rings is 1. The molecule has 0 aliphatic carbocycles. The van der Waals surface area contributed by atoms with Crippen molar-refractivity contribution in [3.63, 3.8) is 0 Å². The molecule has 0 atom stereocenters. The number of urea groups is 1. The molecule has 2 aromatic carbocycles. The van der Waals surface area contributed by atoms with Gasteiger partial charge in [-0.05, 0) is 42.3 Å². The number of amides is 3. The summed E-state index contributed by atoms with van der Waals surface area (Å²) in [5.74, 6) is 0.989. The average molecular weight is 528 g/mol. The maximum Gasteiger partial charge on any atom is 0.330 e. The highest BCUT2D eigenvalue weighted by molar-refractivity contribution is 6.07. The molecule has 2 N–H and O–H groups in total. The van der Waals surface area contributed by atoms with Gasteiger partial charge in [-0.25, -0.2) is 14.2 Å². The fourth-order valence-electron chi connectivity index (χ4n) is 4.31. The van der Waals surface area contributed by atoms with Gasteiger partial charge in [0.15, 0.2) is 0 Å². The Kier molecular flexibility index (Phi) is 7.04. The number of fused-ring (bicyclic) bond motifs is 1. The number of carbonyl (C=O) groups excluding carboxylic acids is 2. The van der Waals surface area contributed by atoms with Crippen molar-refractivity contribution in [2.75, 3.05) is 34.6 Å². The smallest absolute Gasteiger partial charge is 0.330 e. The molecular weight excluding hydrogens is 501 g/mol. The molecule has 5 rings (SSSR count). The number of anilines is 5. The van der Waals surface area contributed by atoms with Gasteiger partial charge in [0.2, 0.25) is 5.95 Å². The Morgan fingerprint density at radius 2 is 2.00 bits per heavy atom. The molecule has 0 unspecified atom stereocenters. The first-order valence-electron chi connectivity index (χ1n) is 12.1. The van der Waals surface area contributed by atoms with Gasteiger partial charge in [-0.15, -0.1) is 0 Å². The first-order chi connectivity index (χ1) is 18.9. The van der Waals surface area contributed by atoms with Crippen LogP contribution in [0.5, 0.6) is 5.75 Å². The number of halogens is 1. The summed E-state index contributed by atoms with van der Waals surface area (Å²) in [6.07, 6.45) is 4.89. The van der Waals surface area contributed by atoms with Crippen LogP contribution in [0, 0.1) is 6.92 Å². The van der Waals surface area contributed by atoms with Gasteiger partial charge >= 0.3 is 6.03 Å². The molecule has 1 aliphatic rings. The molecule has 10 nitrogen and oxygen atoms in total. The van der Waals surface area contributed by atoms with Crippen LogP contribution in [0.1, 0.15) is 27.0 Å². The fourth-order valence-corrected chi connectivity index (χ4v) is 4.31. The third-order valence-electron chi connectivity index (χ3n) is 6.35. The zero-order valence-corrected chi connectivity index (χ0v) is 21.6. The first-order valence-corrected chi connectivity index (χ1v) is 12.1. The number of benzene rings is 2. The Morgan fingerprint density at radius 1 is 1.15 bits per heavy atom. The number of ether oxygens (including phenoxy) is 1. The summed E-state index contributed by atoms with van der Waals surface area (Å²) in [7, 11) is 3.20. The molecule has 0 saturated heterocycles. The Hall–Kier alpha value is -5.06. The molecule has 0 spiro atoms. The van der Waals surface area contributed by atoms with Gasteiger partial charge in [-0.2, -0.15) is 4.98 Å². The maximum absolute atomic E-state index is 13.5. The second-order valence-corrected chi connectivity index (χ2v) is 8.96. The van der Waals surface area contributed by atoms with Crippen LogP contribution >= 0.6 is 0 Å². The van der Waals surface area contributed by atoms with Gasteiger partial charge in [0, 0.05) is 42.3 Å². The largest absolute Gasteiger partial charge is 0.494 e. The molecule has 2 aromatic heterocycles.